The summed E-state index contributed by atoms with van der Waals surface area (Å²) < 4.78 is 24.2. The normalized spacial score (nSPS) is 20.1. The second-order valence-corrected chi connectivity index (χ2v) is 4.55. The Morgan fingerprint density at radius 2 is 2.40 bits per heavy atom. The van der Waals surface area contributed by atoms with Crippen molar-refractivity contribution in [2.45, 2.75) is 31.7 Å². The number of thiophene rings is 1. The van der Waals surface area contributed by atoms with Gasteiger partial charge in [0.1, 0.15) is 0 Å². The molecule has 0 saturated heterocycles. The molecule has 2 rings (SSSR count). The number of alkyl halides is 2. The fraction of sp³-hybridized carbons (Fsp3) is 0.500. The van der Waals surface area contributed by atoms with E-state index in [0.29, 0.717) is 0 Å². The van der Waals surface area contributed by atoms with E-state index in [9.17, 15) is 13.6 Å². The summed E-state index contributed by atoms with van der Waals surface area (Å²) in [5.41, 5.74) is 1.01. The number of halogens is 2. The maximum atomic E-state index is 12.1. The molecule has 0 bridgehead atoms. The first kappa shape index (κ1) is 10.5. The average Bonchev–Trinajstić information content (AvgIpc) is 2.66. The number of hydrogen-bond acceptors (Lipinski definition) is 2. The van der Waals surface area contributed by atoms with Gasteiger partial charge in [-0.1, -0.05) is 0 Å². The van der Waals surface area contributed by atoms with Gasteiger partial charge in [0.05, 0.1) is 6.04 Å². The van der Waals surface area contributed by atoms with Gasteiger partial charge in [0.25, 0.3) is 5.91 Å². The Balaban J connectivity index is 2.10. The summed E-state index contributed by atoms with van der Waals surface area (Å²) in [4.78, 5) is 12.1. The second-order valence-electron chi connectivity index (χ2n) is 3.55. The van der Waals surface area contributed by atoms with Crippen molar-refractivity contribution in [1.29, 1.82) is 0 Å². The van der Waals surface area contributed by atoms with Crippen LogP contribution in [-0.2, 0) is 11.2 Å². The lowest BCUT2D eigenvalue weighted by Gasteiger charge is -2.23. The minimum absolute atomic E-state index is 0.221. The van der Waals surface area contributed by atoms with Crippen LogP contribution in [0.3, 0.4) is 0 Å². The lowest BCUT2D eigenvalue weighted by Crippen LogP contribution is -2.34. The minimum atomic E-state index is -2.92. The minimum Gasteiger partial charge on any atom is -0.344 e. The number of aryl methyl sites for hydroxylation is 1. The molecule has 1 aliphatic rings. The van der Waals surface area contributed by atoms with E-state index in [1.54, 1.807) is 11.3 Å². The number of fused-ring (bicyclic) bond motifs is 1. The Morgan fingerprint density at radius 3 is 3.13 bits per heavy atom. The molecule has 0 spiro atoms. The van der Waals surface area contributed by atoms with Crippen LogP contribution >= 0.6 is 11.3 Å². The van der Waals surface area contributed by atoms with Crippen molar-refractivity contribution >= 4 is 17.2 Å². The average molecular weight is 231 g/mol. The first-order valence-corrected chi connectivity index (χ1v) is 5.71. The van der Waals surface area contributed by atoms with Crippen molar-refractivity contribution in [2.75, 3.05) is 0 Å². The number of amides is 1. The van der Waals surface area contributed by atoms with E-state index < -0.39 is 12.3 Å². The summed E-state index contributed by atoms with van der Waals surface area (Å²) in [5.74, 6) is -1.17. The standard InChI is InChI=1S/C10H11F2NOS/c11-9(12)10(14)13-7-2-1-3-8-6(7)4-5-15-8/h4-5,7,9H,1-3H2,(H,13,14). The third-order valence-electron chi connectivity index (χ3n) is 2.57. The van der Waals surface area contributed by atoms with Crippen LogP contribution in [0.15, 0.2) is 11.4 Å². The first-order valence-electron chi connectivity index (χ1n) is 4.83. The summed E-state index contributed by atoms with van der Waals surface area (Å²) in [6.07, 6.45) is -0.230. The molecule has 15 heavy (non-hydrogen) atoms. The third kappa shape index (κ3) is 2.17. The molecule has 0 radical (unpaired) electrons. The molecule has 1 unspecified atom stereocenters. The number of carbonyl (C=O) groups excluding carboxylic acids is 1. The highest BCUT2D eigenvalue weighted by molar-refractivity contribution is 7.10. The monoisotopic (exact) mass is 231 g/mol. The number of carbonyl (C=O) groups is 1. The van der Waals surface area contributed by atoms with Crippen molar-refractivity contribution < 1.29 is 13.6 Å². The highest BCUT2D eigenvalue weighted by Crippen LogP contribution is 2.33. The van der Waals surface area contributed by atoms with Crippen molar-refractivity contribution in [2.24, 2.45) is 0 Å². The lowest BCUT2D eigenvalue weighted by atomic mass is 9.94. The predicted octanol–water partition coefficient (Wildman–Crippen LogP) is 2.51. The van der Waals surface area contributed by atoms with Crippen LogP contribution in [0.4, 0.5) is 8.78 Å². The lowest BCUT2D eigenvalue weighted by molar-refractivity contribution is -0.132. The van der Waals surface area contributed by atoms with Crippen LogP contribution in [0.25, 0.3) is 0 Å². The van der Waals surface area contributed by atoms with Gasteiger partial charge in [0, 0.05) is 4.88 Å². The summed E-state index contributed by atoms with van der Waals surface area (Å²) in [6.45, 7) is 0. The predicted molar refractivity (Wildman–Crippen MR) is 54.1 cm³/mol. The Kier molecular flexibility index (Phi) is 3.00. The molecule has 1 N–H and O–H groups in total. The fourth-order valence-electron chi connectivity index (χ4n) is 1.87. The quantitative estimate of drug-likeness (QED) is 0.832. The largest absolute Gasteiger partial charge is 0.344 e. The van der Waals surface area contributed by atoms with Crippen LogP contribution < -0.4 is 5.32 Å². The molecule has 1 atom stereocenters. The van der Waals surface area contributed by atoms with Gasteiger partial charge in [0.15, 0.2) is 0 Å². The van der Waals surface area contributed by atoms with Crippen LogP contribution in [0.2, 0.25) is 0 Å². The molecule has 0 fully saturated rings. The van der Waals surface area contributed by atoms with Crippen LogP contribution in [0, 0.1) is 0 Å². The second kappa shape index (κ2) is 4.26. The zero-order chi connectivity index (χ0) is 10.8. The summed E-state index contributed by atoms with van der Waals surface area (Å²) in [7, 11) is 0. The molecule has 1 aromatic rings. The Morgan fingerprint density at radius 1 is 1.60 bits per heavy atom. The molecule has 2 nitrogen and oxygen atoms in total. The Labute approximate surface area is 90.3 Å². The molecule has 1 aliphatic carbocycles. The van der Waals surface area contributed by atoms with E-state index in [0.717, 1.165) is 24.8 Å². The van der Waals surface area contributed by atoms with Gasteiger partial charge in [0.2, 0.25) is 0 Å². The van der Waals surface area contributed by atoms with E-state index >= 15 is 0 Å². The Hall–Kier alpha value is -0.970. The van der Waals surface area contributed by atoms with E-state index in [1.165, 1.54) is 4.88 Å². The van der Waals surface area contributed by atoms with Crippen molar-refractivity contribution in [3.05, 3.63) is 21.9 Å². The van der Waals surface area contributed by atoms with Crippen molar-refractivity contribution in [3.8, 4) is 0 Å². The molecule has 1 aromatic heterocycles. The maximum Gasteiger partial charge on any atom is 0.315 e. The highest BCUT2D eigenvalue weighted by Gasteiger charge is 2.25. The molecule has 1 heterocycles. The fourth-order valence-corrected chi connectivity index (χ4v) is 2.86. The van der Waals surface area contributed by atoms with E-state index in [4.69, 9.17) is 0 Å². The van der Waals surface area contributed by atoms with Crippen molar-refractivity contribution in [3.63, 3.8) is 0 Å². The molecule has 1 amide bonds. The van der Waals surface area contributed by atoms with Gasteiger partial charge in [-0.05, 0) is 36.3 Å². The molecule has 0 saturated carbocycles. The van der Waals surface area contributed by atoms with Gasteiger partial charge in [-0.25, -0.2) is 0 Å². The zero-order valence-electron chi connectivity index (χ0n) is 8.00. The molecular formula is C10H11F2NOS. The van der Waals surface area contributed by atoms with E-state index in [2.05, 4.69) is 5.32 Å². The van der Waals surface area contributed by atoms with Crippen molar-refractivity contribution in [1.82, 2.24) is 5.32 Å². The van der Waals surface area contributed by atoms with Gasteiger partial charge >= 0.3 is 6.43 Å². The summed E-state index contributed by atoms with van der Waals surface area (Å²) >= 11 is 1.63. The first-order chi connectivity index (χ1) is 7.18. The molecule has 0 aliphatic heterocycles. The molecule has 5 heteroatoms. The number of hydrogen-bond donors (Lipinski definition) is 1. The Bertz CT molecular complexity index is 364. The topological polar surface area (TPSA) is 29.1 Å². The van der Waals surface area contributed by atoms with Crippen LogP contribution in [0.1, 0.15) is 29.3 Å². The van der Waals surface area contributed by atoms with E-state index in [1.807, 2.05) is 11.4 Å². The van der Waals surface area contributed by atoms with Crippen LogP contribution in [0.5, 0.6) is 0 Å². The van der Waals surface area contributed by atoms with Gasteiger partial charge in [-0.3, -0.25) is 4.79 Å². The molecule has 0 aromatic carbocycles. The SMILES string of the molecule is O=C(NC1CCCc2sccc21)C(F)F. The van der Waals surface area contributed by atoms with Crippen LogP contribution in [-0.4, -0.2) is 12.3 Å². The van der Waals surface area contributed by atoms with Gasteiger partial charge < -0.3 is 5.32 Å². The number of rotatable bonds is 2. The van der Waals surface area contributed by atoms with E-state index in [-0.39, 0.29) is 6.04 Å². The molecule has 82 valence electrons. The third-order valence-corrected chi connectivity index (χ3v) is 3.56. The number of nitrogens with one attached hydrogen (secondary N) is 1. The summed E-state index contributed by atoms with van der Waals surface area (Å²) in [6, 6.07) is 1.69. The smallest absolute Gasteiger partial charge is 0.315 e. The maximum absolute atomic E-state index is 12.1. The zero-order valence-corrected chi connectivity index (χ0v) is 8.82. The van der Waals surface area contributed by atoms with Gasteiger partial charge in [-0.15, -0.1) is 11.3 Å². The molecular weight excluding hydrogens is 220 g/mol. The van der Waals surface area contributed by atoms with Gasteiger partial charge in [-0.2, -0.15) is 8.78 Å². The summed E-state index contributed by atoms with van der Waals surface area (Å²) in [5, 5.41) is 4.32. The highest BCUT2D eigenvalue weighted by atomic mass is 32.1.